The SMILES string of the molecule is Cl.Cl.O=C(CN1CCN(C(=O)C2CCCCN2)CC1)Nc1ccc(F)cc1. The van der Waals surface area contributed by atoms with Crippen molar-refractivity contribution in [1.29, 1.82) is 0 Å². The molecule has 0 aliphatic carbocycles. The largest absolute Gasteiger partial charge is 0.339 e. The van der Waals surface area contributed by atoms with Crippen LogP contribution in [0.15, 0.2) is 24.3 Å². The standard InChI is InChI=1S/C18H25FN4O2.2ClH/c19-14-4-6-15(7-5-14)21-17(24)13-22-9-11-23(12-10-22)18(25)16-3-1-2-8-20-16;;/h4-7,16,20H,1-3,8-13H2,(H,21,24);2*1H. The third kappa shape index (κ3) is 6.92. The number of amides is 2. The van der Waals surface area contributed by atoms with E-state index in [9.17, 15) is 14.0 Å². The average molecular weight is 421 g/mol. The highest BCUT2D eigenvalue weighted by atomic mass is 35.5. The van der Waals surface area contributed by atoms with Gasteiger partial charge < -0.3 is 15.5 Å². The molecule has 1 unspecified atom stereocenters. The summed E-state index contributed by atoms with van der Waals surface area (Å²) in [5.74, 6) is -0.262. The van der Waals surface area contributed by atoms with E-state index < -0.39 is 0 Å². The van der Waals surface area contributed by atoms with E-state index in [0.29, 0.717) is 31.9 Å². The molecule has 0 radical (unpaired) electrons. The highest BCUT2D eigenvalue weighted by Gasteiger charge is 2.28. The Hall–Kier alpha value is -1.41. The summed E-state index contributed by atoms with van der Waals surface area (Å²) in [6.45, 7) is 3.88. The van der Waals surface area contributed by atoms with E-state index in [1.54, 1.807) is 12.1 Å². The van der Waals surface area contributed by atoms with Crippen LogP contribution in [0.1, 0.15) is 19.3 Å². The normalized spacial score (nSPS) is 20.2. The van der Waals surface area contributed by atoms with Crippen molar-refractivity contribution in [2.75, 3.05) is 44.6 Å². The summed E-state index contributed by atoms with van der Waals surface area (Å²) >= 11 is 0. The Bertz CT molecular complexity index is 604. The molecule has 1 atom stereocenters. The Morgan fingerprint density at radius 2 is 1.74 bits per heavy atom. The number of anilines is 1. The van der Waals surface area contributed by atoms with Crippen molar-refractivity contribution >= 4 is 42.3 Å². The lowest BCUT2D eigenvalue weighted by atomic mass is 10.0. The molecule has 2 N–H and O–H groups in total. The highest BCUT2D eigenvalue weighted by molar-refractivity contribution is 5.92. The van der Waals surface area contributed by atoms with E-state index >= 15 is 0 Å². The van der Waals surface area contributed by atoms with Gasteiger partial charge in [-0.1, -0.05) is 6.42 Å². The first-order valence-corrected chi connectivity index (χ1v) is 8.92. The van der Waals surface area contributed by atoms with Crippen LogP contribution in [0.3, 0.4) is 0 Å². The monoisotopic (exact) mass is 420 g/mol. The van der Waals surface area contributed by atoms with Gasteiger partial charge in [-0.25, -0.2) is 4.39 Å². The lowest BCUT2D eigenvalue weighted by Gasteiger charge is -2.37. The van der Waals surface area contributed by atoms with Gasteiger partial charge in [0.25, 0.3) is 0 Å². The van der Waals surface area contributed by atoms with E-state index in [1.165, 1.54) is 12.1 Å². The van der Waals surface area contributed by atoms with Crippen LogP contribution in [0.25, 0.3) is 0 Å². The molecule has 9 heteroatoms. The number of nitrogens with one attached hydrogen (secondary N) is 2. The average Bonchev–Trinajstić information content (AvgIpc) is 2.64. The number of carbonyl (C=O) groups excluding carboxylic acids is 2. The van der Waals surface area contributed by atoms with E-state index in [-0.39, 0.29) is 55.0 Å². The summed E-state index contributed by atoms with van der Waals surface area (Å²) in [7, 11) is 0. The molecule has 2 aliphatic heterocycles. The number of piperidine rings is 1. The molecule has 27 heavy (non-hydrogen) atoms. The molecular weight excluding hydrogens is 394 g/mol. The second kappa shape index (κ2) is 11.4. The fourth-order valence-electron chi connectivity index (χ4n) is 3.35. The predicted octanol–water partition coefficient (Wildman–Crippen LogP) is 1.89. The smallest absolute Gasteiger partial charge is 0.239 e. The summed E-state index contributed by atoms with van der Waals surface area (Å²) < 4.78 is 12.9. The Morgan fingerprint density at radius 1 is 1.07 bits per heavy atom. The van der Waals surface area contributed by atoms with Crippen molar-refractivity contribution in [3.8, 4) is 0 Å². The van der Waals surface area contributed by atoms with Gasteiger partial charge in [0.15, 0.2) is 0 Å². The molecule has 0 saturated carbocycles. The maximum atomic E-state index is 12.9. The number of halogens is 3. The minimum atomic E-state index is -0.328. The van der Waals surface area contributed by atoms with Crippen LogP contribution in [0.4, 0.5) is 10.1 Å². The first-order chi connectivity index (χ1) is 12.1. The van der Waals surface area contributed by atoms with Crippen molar-refractivity contribution < 1.29 is 14.0 Å². The number of benzene rings is 1. The number of nitrogens with zero attached hydrogens (tertiary/aromatic N) is 2. The maximum Gasteiger partial charge on any atom is 0.239 e. The van der Waals surface area contributed by atoms with Gasteiger partial charge in [0.1, 0.15) is 5.82 Å². The molecule has 2 fully saturated rings. The Kier molecular flexibility index (Phi) is 10.0. The molecule has 2 heterocycles. The molecule has 0 spiro atoms. The number of hydrogen-bond donors (Lipinski definition) is 2. The highest BCUT2D eigenvalue weighted by Crippen LogP contribution is 2.12. The third-order valence-electron chi connectivity index (χ3n) is 4.79. The van der Waals surface area contributed by atoms with Gasteiger partial charge in [0, 0.05) is 31.9 Å². The molecule has 0 aromatic heterocycles. The second-order valence-corrected chi connectivity index (χ2v) is 6.66. The first-order valence-electron chi connectivity index (χ1n) is 8.92. The lowest BCUT2D eigenvalue weighted by molar-refractivity contribution is -0.135. The van der Waals surface area contributed by atoms with Crippen molar-refractivity contribution in [2.45, 2.75) is 25.3 Å². The van der Waals surface area contributed by atoms with E-state index in [4.69, 9.17) is 0 Å². The molecule has 1 aromatic carbocycles. The van der Waals surface area contributed by atoms with Crippen molar-refractivity contribution in [3.05, 3.63) is 30.1 Å². The number of piperazine rings is 1. The zero-order valence-corrected chi connectivity index (χ0v) is 16.8. The van der Waals surface area contributed by atoms with E-state index in [2.05, 4.69) is 10.6 Å². The Labute approximate surface area is 171 Å². The van der Waals surface area contributed by atoms with Gasteiger partial charge in [-0.15, -0.1) is 24.8 Å². The van der Waals surface area contributed by atoms with Crippen molar-refractivity contribution in [2.24, 2.45) is 0 Å². The minimum absolute atomic E-state index is 0. The molecule has 2 aliphatic rings. The van der Waals surface area contributed by atoms with Gasteiger partial charge in [-0.05, 0) is 43.7 Å². The van der Waals surface area contributed by atoms with Crippen LogP contribution in [0.5, 0.6) is 0 Å². The second-order valence-electron chi connectivity index (χ2n) is 6.66. The molecule has 1 aromatic rings. The summed E-state index contributed by atoms with van der Waals surface area (Å²) in [6.07, 6.45) is 3.16. The molecule has 152 valence electrons. The summed E-state index contributed by atoms with van der Waals surface area (Å²) in [4.78, 5) is 28.5. The first kappa shape index (κ1) is 23.6. The summed E-state index contributed by atoms with van der Waals surface area (Å²) in [5, 5.41) is 6.06. The third-order valence-corrected chi connectivity index (χ3v) is 4.79. The number of hydrogen-bond acceptors (Lipinski definition) is 4. The van der Waals surface area contributed by atoms with Crippen LogP contribution in [-0.2, 0) is 9.59 Å². The van der Waals surface area contributed by atoms with Crippen LogP contribution in [0, 0.1) is 5.82 Å². The van der Waals surface area contributed by atoms with Gasteiger partial charge >= 0.3 is 0 Å². The van der Waals surface area contributed by atoms with E-state index in [0.717, 1.165) is 25.8 Å². The Morgan fingerprint density at radius 3 is 2.33 bits per heavy atom. The van der Waals surface area contributed by atoms with Gasteiger partial charge in [-0.2, -0.15) is 0 Å². The van der Waals surface area contributed by atoms with Crippen LogP contribution >= 0.6 is 24.8 Å². The van der Waals surface area contributed by atoms with Gasteiger partial charge in [0.05, 0.1) is 12.6 Å². The molecule has 2 saturated heterocycles. The molecule has 2 amide bonds. The minimum Gasteiger partial charge on any atom is -0.339 e. The quantitative estimate of drug-likeness (QED) is 0.780. The molecular formula is C18H27Cl2FN4O2. The Balaban J connectivity index is 0.00000182. The zero-order chi connectivity index (χ0) is 17.6. The van der Waals surface area contributed by atoms with Gasteiger partial charge in [-0.3, -0.25) is 14.5 Å². The number of carbonyl (C=O) groups is 2. The molecule has 3 rings (SSSR count). The summed E-state index contributed by atoms with van der Waals surface area (Å²) in [6, 6.07) is 5.68. The molecule has 6 nitrogen and oxygen atoms in total. The van der Waals surface area contributed by atoms with E-state index in [1.807, 2.05) is 9.80 Å². The zero-order valence-electron chi connectivity index (χ0n) is 15.2. The number of rotatable bonds is 4. The lowest BCUT2D eigenvalue weighted by Crippen LogP contribution is -2.55. The van der Waals surface area contributed by atoms with Crippen LogP contribution in [-0.4, -0.2) is 66.9 Å². The van der Waals surface area contributed by atoms with Crippen LogP contribution < -0.4 is 10.6 Å². The molecule has 0 bridgehead atoms. The summed E-state index contributed by atoms with van der Waals surface area (Å²) in [5.41, 5.74) is 0.587. The van der Waals surface area contributed by atoms with Gasteiger partial charge in [0.2, 0.25) is 11.8 Å². The predicted molar refractivity (Wildman–Crippen MR) is 108 cm³/mol. The fraction of sp³-hybridized carbons (Fsp3) is 0.556. The van der Waals surface area contributed by atoms with Crippen molar-refractivity contribution in [3.63, 3.8) is 0 Å². The van der Waals surface area contributed by atoms with Crippen LogP contribution in [0.2, 0.25) is 0 Å². The topological polar surface area (TPSA) is 64.7 Å². The van der Waals surface area contributed by atoms with Crippen molar-refractivity contribution in [1.82, 2.24) is 15.1 Å². The maximum absolute atomic E-state index is 12.9. The fourth-order valence-corrected chi connectivity index (χ4v) is 3.35.